The molecule has 1 aliphatic carbocycles. The first-order valence-corrected chi connectivity index (χ1v) is 14.4. The van der Waals surface area contributed by atoms with Crippen LogP contribution in [0.2, 0.25) is 0 Å². The van der Waals surface area contributed by atoms with Crippen LogP contribution < -0.4 is 9.64 Å². The number of rotatable bonds is 12. The second kappa shape index (κ2) is 12.3. The molecule has 4 rings (SSSR count). The number of pyridine rings is 1. The average Bonchev–Trinajstić information content (AvgIpc) is 3.71. The molecule has 37 heavy (non-hydrogen) atoms. The Balaban J connectivity index is 1.32. The summed E-state index contributed by atoms with van der Waals surface area (Å²) in [6.45, 7) is 12.0. The van der Waals surface area contributed by atoms with Gasteiger partial charge in [0.05, 0.1) is 13.0 Å². The lowest BCUT2D eigenvalue weighted by Crippen LogP contribution is -2.36. The standard InChI is InChI=1S/C32H46N2O3/c1-5-27-19-30(26(21-33-27)9-7-15-32(2,3)4)34-16-13-23(14-17-34)22-37-28-10-6-8-25(18-28)29(20-31(35)36)24-11-12-24/h6,8,10,18-19,21,23-24,29H,5,7,9,11-17,20,22H2,1-4H3,(H,35,36). The third kappa shape index (κ3) is 8.21. The van der Waals surface area contributed by atoms with Gasteiger partial charge in [-0.05, 0) is 104 Å². The highest BCUT2D eigenvalue weighted by Crippen LogP contribution is 2.45. The van der Waals surface area contributed by atoms with Gasteiger partial charge in [-0.2, -0.15) is 0 Å². The van der Waals surface area contributed by atoms with Gasteiger partial charge in [0.25, 0.3) is 0 Å². The van der Waals surface area contributed by atoms with E-state index in [2.05, 4.69) is 57.0 Å². The summed E-state index contributed by atoms with van der Waals surface area (Å²) in [4.78, 5) is 18.7. The van der Waals surface area contributed by atoms with Crippen molar-refractivity contribution in [1.82, 2.24) is 4.98 Å². The smallest absolute Gasteiger partial charge is 0.303 e. The molecule has 0 spiro atoms. The molecule has 2 aromatic rings. The molecule has 1 aliphatic heterocycles. The Morgan fingerprint density at radius 3 is 2.57 bits per heavy atom. The van der Waals surface area contributed by atoms with Crippen LogP contribution in [-0.4, -0.2) is 35.8 Å². The minimum Gasteiger partial charge on any atom is -0.493 e. The molecule has 5 heteroatoms. The van der Waals surface area contributed by atoms with Crippen LogP contribution in [0.4, 0.5) is 5.69 Å². The molecule has 2 fully saturated rings. The Bertz CT molecular complexity index is 1030. The molecule has 2 heterocycles. The van der Waals surface area contributed by atoms with Gasteiger partial charge >= 0.3 is 5.97 Å². The molecular weight excluding hydrogens is 460 g/mol. The van der Waals surface area contributed by atoms with Crippen LogP contribution in [-0.2, 0) is 17.6 Å². The summed E-state index contributed by atoms with van der Waals surface area (Å²) in [5.41, 5.74) is 5.43. The Morgan fingerprint density at radius 1 is 1.16 bits per heavy atom. The van der Waals surface area contributed by atoms with E-state index in [9.17, 15) is 9.90 Å². The largest absolute Gasteiger partial charge is 0.493 e. The quantitative estimate of drug-likeness (QED) is 0.328. The average molecular weight is 507 g/mol. The minimum absolute atomic E-state index is 0.107. The van der Waals surface area contributed by atoms with Crippen molar-refractivity contribution in [2.45, 2.75) is 91.4 Å². The van der Waals surface area contributed by atoms with Gasteiger partial charge in [0.1, 0.15) is 5.75 Å². The molecule has 1 N–H and O–H groups in total. The van der Waals surface area contributed by atoms with Crippen LogP contribution in [0.3, 0.4) is 0 Å². The fourth-order valence-electron chi connectivity index (χ4n) is 5.64. The molecule has 2 aliphatic rings. The van der Waals surface area contributed by atoms with E-state index in [1.165, 1.54) is 29.8 Å². The van der Waals surface area contributed by atoms with Crippen molar-refractivity contribution in [1.29, 1.82) is 0 Å². The molecule has 1 saturated heterocycles. The monoisotopic (exact) mass is 506 g/mol. The number of piperidine rings is 1. The third-order valence-corrected chi connectivity index (χ3v) is 8.07. The van der Waals surface area contributed by atoms with E-state index >= 15 is 0 Å². The number of hydrogen-bond acceptors (Lipinski definition) is 4. The van der Waals surface area contributed by atoms with E-state index in [4.69, 9.17) is 9.72 Å². The second-order valence-electron chi connectivity index (χ2n) is 12.4. The van der Waals surface area contributed by atoms with Crippen LogP contribution >= 0.6 is 0 Å². The predicted octanol–water partition coefficient (Wildman–Crippen LogP) is 7.28. The van der Waals surface area contributed by atoms with Crippen LogP contribution in [0.1, 0.15) is 95.4 Å². The fraction of sp³-hybridized carbons (Fsp3) is 0.625. The number of carboxylic acid groups (broad SMARTS) is 1. The lowest BCUT2D eigenvalue weighted by atomic mass is 9.88. The number of aliphatic carboxylic acids is 1. The maximum Gasteiger partial charge on any atom is 0.303 e. The van der Waals surface area contributed by atoms with E-state index < -0.39 is 5.97 Å². The first-order valence-electron chi connectivity index (χ1n) is 14.4. The van der Waals surface area contributed by atoms with E-state index in [0.717, 1.165) is 69.5 Å². The summed E-state index contributed by atoms with van der Waals surface area (Å²) in [6, 6.07) is 10.5. The lowest BCUT2D eigenvalue weighted by molar-refractivity contribution is -0.137. The Kier molecular flexibility index (Phi) is 9.15. The van der Waals surface area contributed by atoms with Gasteiger partial charge in [0.15, 0.2) is 0 Å². The Labute approximate surface area is 223 Å². The van der Waals surface area contributed by atoms with E-state index in [1.807, 2.05) is 12.1 Å². The van der Waals surface area contributed by atoms with Gasteiger partial charge in [0, 0.05) is 30.7 Å². The summed E-state index contributed by atoms with van der Waals surface area (Å²) in [6.07, 6.45) is 11.3. The molecular formula is C32H46N2O3. The zero-order valence-corrected chi connectivity index (χ0v) is 23.3. The molecule has 0 radical (unpaired) electrons. The zero-order valence-electron chi connectivity index (χ0n) is 23.3. The SMILES string of the molecule is CCc1cc(N2CCC(COc3cccc(C(CC(=O)O)C4CC4)c3)CC2)c(CCCC(C)(C)C)cn1. The normalized spacial score (nSPS) is 17.6. The van der Waals surface area contributed by atoms with Gasteiger partial charge in [-0.3, -0.25) is 9.78 Å². The van der Waals surface area contributed by atoms with E-state index in [0.29, 0.717) is 17.3 Å². The molecule has 1 aromatic heterocycles. The second-order valence-corrected chi connectivity index (χ2v) is 12.4. The summed E-state index contributed by atoms with van der Waals surface area (Å²) in [7, 11) is 0. The van der Waals surface area contributed by atoms with E-state index in [-0.39, 0.29) is 12.3 Å². The number of nitrogens with zero attached hydrogens (tertiary/aromatic N) is 2. The summed E-state index contributed by atoms with van der Waals surface area (Å²) in [5.74, 6) is 1.31. The molecule has 5 nitrogen and oxygen atoms in total. The number of hydrogen-bond donors (Lipinski definition) is 1. The number of aryl methyl sites for hydroxylation is 2. The Hall–Kier alpha value is -2.56. The van der Waals surface area contributed by atoms with E-state index in [1.54, 1.807) is 0 Å². The lowest BCUT2D eigenvalue weighted by Gasteiger charge is -2.35. The Morgan fingerprint density at radius 2 is 1.92 bits per heavy atom. The highest BCUT2D eigenvalue weighted by atomic mass is 16.5. The fourth-order valence-corrected chi connectivity index (χ4v) is 5.64. The number of carbonyl (C=O) groups is 1. The molecule has 0 amide bonds. The highest BCUT2D eigenvalue weighted by molar-refractivity contribution is 5.68. The van der Waals surface area contributed by atoms with Crippen molar-refractivity contribution < 1.29 is 14.6 Å². The third-order valence-electron chi connectivity index (χ3n) is 8.07. The first-order chi connectivity index (χ1) is 17.7. The molecule has 1 saturated carbocycles. The van der Waals surface area contributed by atoms with Crippen molar-refractivity contribution in [2.24, 2.45) is 17.3 Å². The molecule has 1 aromatic carbocycles. The van der Waals surface area contributed by atoms with Gasteiger partial charge < -0.3 is 14.7 Å². The summed E-state index contributed by atoms with van der Waals surface area (Å²) >= 11 is 0. The first kappa shape index (κ1) is 27.5. The highest BCUT2D eigenvalue weighted by Gasteiger charge is 2.34. The summed E-state index contributed by atoms with van der Waals surface area (Å²) in [5, 5.41) is 9.35. The van der Waals surface area contributed by atoms with Gasteiger partial charge in [0.2, 0.25) is 0 Å². The topological polar surface area (TPSA) is 62.7 Å². The van der Waals surface area contributed by atoms with Crippen molar-refractivity contribution in [3.8, 4) is 5.75 Å². The van der Waals surface area contributed by atoms with Crippen LogP contribution in [0.15, 0.2) is 36.5 Å². The minimum atomic E-state index is -0.715. The zero-order chi connectivity index (χ0) is 26.4. The molecule has 202 valence electrons. The van der Waals surface area contributed by atoms with Crippen LogP contribution in [0.5, 0.6) is 5.75 Å². The number of ether oxygens (including phenoxy) is 1. The summed E-state index contributed by atoms with van der Waals surface area (Å²) < 4.78 is 6.25. The van der Waals surface area contributed by atoms with Crippen molar-refractivity contribution in [2.75, 3.05) is 24.6 Å². The maximum absolute atomic E-state index is 11.4. The number of carboxylic acids is 1. The molecule has 0 bridgehead atoms. The van der Waals surface area contributed by atoms with Crippen molar-refractivity contribution >= 4 is 11.7 Å². The van der Waals surface area contributed by atoms with Crippen LogP contribution in [0, 0.1) is 17.3 Å². The van der Waals surface area contributed by atoms with Gasteiger partial charge in [-0.15, -0.1) is 0 Å². The number of benzene rings is 1. The van der Waals surface area contributed by atoms with Gasteiger partial charge in [-0.25, -0.2) is 0 Å². The number of aromatic nitrogens is 1. The maximum atomic E-state index is 11.4. The van der Waals surface area contributed by atoms with Crippen molar-refractivity contribution in [3.63, 3.8) is 0 Å². The van der Waals surface area contributed by atoms with Crippen LogP contribution in [0.25, 0.3) is 0 Å². The van der Waals surface area contributed by atoms with Crippen molar-refractivity contribution in [3.05, 3.63) is 53.3 Å². The predicted molar refractivity (Wildman–Crippen MR) is 151 cm³/mol. The molecule has 1 unspecified atom stereocenters. The molecule has 1 atom stereocenters. The number of anilines is 1. The van der Waals surface area contributed by atoms with Gasteiger partial charge in [-0.1, -0.05) is 39.8 Å².